The highest BCUT2D eigenvalue weighted by molar-refractivity contribution is 5.87. The van der Waals surface area contributed by atoms with E-state index >= 15 is 0 Å². The summed E-state index contributed by atoms with van der Waals surface area (Å²) in [5.74, 6) is -0.475. The number of amides is 2. The molecule has 0 saturated heterocycles. The third kappa shape index (κ3) is 5.51. The minimum absolute atomic E-state index is 0.125. The second-order valence-electron chi connectivity index (χ2n) is 4.28. The zero-order valence-electron chi connectivity index (χ0n) is 11.4. The van der Waals surface area contributed by atoms with E-state index in [4.69, 9.17) is 4.74 Å². The van der Waals surface area contributed by atoms with Crippen molar-refractivity contribution in [3.8, 4) is 0 Å². The molecule has 1 aromatic carbocycles. The molecule has 0 unspecified atom stereocenters. The van der Waals surface area contributed by atoms with E-state index in [1.165, 1.54) is 13.8 Å². The molecule has 6 nitrogen and oxygen atoms in total. The molecule has 0 aromatic heterocycles. The van der Waals surface area contributed by atoms with Gasteiger partial charge in [0.25, 0.3) is 0 Å². The summed E-state index contributed by atoms with van der Waals surface area (Å²) in [4.78, 5) is 33.4. The fraction of sp³-hybridized carbons (Fsp3) is 0.357. The van der Waals surface area contributed by atoms with Gasteiger partial charge in [-0.25, -0.2) is 4.79 Å². The van der Waals surface area contributed by atoms with Crippen LogP contribution in [0.2, 0.25) is 0 Å². The van der Waals surface area contributed by atoms with Crippen LogP contribution in [0.1, 0.15) is 19.4 Å². The van der Waals surface area contributed by atoms with Crippen LogP contribution in [0.15, 0.2) is 30.3 Å². The highest BCUT2D eigenvalue weighted by Gasteiger charge is 2.17. The Morgan fingerprint density at radius 2 is 1.85 bits per heavy atom. The summed E-state index contributed by atoms with van der Waals surface area (Å²) in [5, 5.41) is 4.75. The van der Waals surface area contributed by atoms with Gasteiger partial charge in [0.05, 0.1) is 6.04 Å². The minimum atomic E-state index is -0.797. The molecule has 0 heterocycles. The maximum atomic E-state index is 11.6. The lowest BCUT2D eigenvalue weighted by atomic mass is 10.2. The molecule has 0 aliphatic rings. The summed E-state index contributed by atoms with van der Waals surface area (Å²) in [6.45, 7) is 3.11. The van der Waals surface area contributed by atoms with Crippen molar-refractivity contribution < 1.29 is 19.1 Å². The molecule has 2 N–H and O–H groups in total. The van der Waals surface area contributed by atoms with Gasteiger partial charge < -0.3 is 15.4 Å². The number of carbonyl (C=O) groups excluding carboxylic acids is 3. The van der Waals surface area contributed by atoms with Gasteiger partial charge in [-0.2, -0.15) is 0 Å². The van der Waals surface area contributed by atoms with Gasteiger partial charge in [-0.15, -0.1) is 0 Å². The zero-order chi connectivity index (χ0) is 15.0. The fourth-order valence-electron chi connectivity index (χ4n) is 1.37. The largest absolute Gasteiger partial charge is 0.445 e. The van der Waals surface area contributed by atoms with Gasteiger partial charge in [0.2, 0.25) is 12.2 Å². The van der Waals surface area contributed by atoms with Gasteiger partial charge in [0, 0.05) is 0 Å². The van der Waals surface area contributed by atoms with Crippen molar-refractivity contribution in [3.63, 3.8) is 0 Å². The molecule has 1 radical (unpaired) electrons. The van der Waals surface area contributed by atoms with Gasteiger partial charge in [-0.05, 0) is 19.4 Å². The summed E-state index contributed by atoms with van der Waals surface area (Å²) < 4.78 is 4.97. The zero-order valence-corrected chi connectivity index (χ0v) is 11.4. The van der Waals surface area contributed by atoms with Gasteiger partial charge in [0.15, 0.2) is 0 Å². The Kier molecular flexibility index (Phi) is 6.22. The van der Waals surface area contributed by atoms with Crippen LogP contribution in [0.5, 0.6) is 0 Å². The lowest BCUT2D eigenvalue weighted by Crippen LogP contribution is -2.47. The molecule has 20 heavy (non-hydrogen) atoms. The number of rotatable bonds is 6. The second-order valence-corrected chi connectivity index (χ2v) is 4.28. The first-order valence-electron chi connectivity index (χ1n) is 6.18. The van der Waals surface area contributed by atoms with E-state index in [9.17, 15) is 14.4 Å². The van der Waals surface area contributed by atoms with Crippen molar-refractivity contribution in [2.75, 3.05) is 0 Å². The number of benzene rings is 1. The molecular weight excluding hydrogens is 260 g/mol. The van der Waals surface area contributed by atoms with E-state index in [-0.39, 0.29) is 6.61 Å². The average Bonchev–Trinajstić information content (AvgIpc) is 2.45. The van der Waals surface area contributed by atoms with Crippen LogP contribution < -0.4 is 10.6 Å². The Hall–Kier alpha value is -2.37. The number of hydrogen-bond donors (Lipinski definition) is 2. The summed E-state index contributed by atoms with van der Waals surface area (Å²) >= 11 is 0. The summed E-state index contributed by atoms with van der Waals surface area (Å²) in [6, 6.07) is 7.67. The third-order valence-electron chi connectivity index (χ3n) is 2.48. The van der Waals surface area contributed by atoms with E-state index < -0.39 is 24.1 Å². The monoisotopic (exact) mass is 277 g/mol. The topological polar surface area (TPSA) is 84.5 Å². The molecule has 0 fully saturated rings. The molecule has 0 saturated carbocycles. The van der Waals surface area contributed by atoms with Crippen LogP contribution in [0.25, 0.3) is 0 Å². The molecule has 0 aliphatic carbocycles. The van der Waals surface area contributed by atoms with Gasteiger partial charge >= 0.3 is 6.09 Å². The normalized spacial score (nSPS) is 12.9. The Labute approximate surface area is 117 Å². The number of nitrogens with one attached hydrogen (secondary N) is 2. The predicted octanol–water partition coefficient (Wildman–Crippen LogP) is 0.916. The van der Waals surface area contributed by atoms with E-state index in [1.807, 2.05) is 30.3 Å². The van der Waals surface area contributed by atoms with E-state index in [0.29, 0.717) is 0 Å². The molecule has 0 aliphatic heterocycles. The first kappa shape index (κ1) is 15.7. The number of carbonyl (C=O) groups is 2. The lowest BCUT2D eigenvalue weighted by molar-refractivity contribution is -0.122. The van der Waals surface area contributed by atoms with Crippen LogP contribution >= 0.6 is 0 Å². The first-order chi connectivity index (χ1) is 9.52. The second kappa shape index (κ2) is 7.93. The molecule has 2 amide bonds. The van der Waals surface area contributed by atoms with E-state index in [0.717, 1.165) is 5.56 Å². The first-order valence-corrected chi connectivity index (χ1v) is 6.18. The highest BCUT2D eigenvalue weighted by Crippen LogP contribution is 2.00. The molecule has 6 heteroatoms. The lowest BCUT2D eigenvalue weighted by Gasteiger charge is -2.15. The molecular formula is C14H17N2O4. The van der Waals surface area contributed by atoms with Crippen LogP contribution in [0, 0.1) is 0 Å². The molecule has 1 rings (SSSR count). The number of hydrogen-bond acceptors (Lipinski definition) is 4. The Morgan fingerprint density at radius 3 is 2.45 bits per heavy atom. The van der Waals surface area contributed by atoms with Crippen molar-refractivity contribution in [1.82, 2.24) is 10.6 Å². The van der Waals surface area contributed by atoms with Crippen molar-refractivity contribution in [2.45, 2.75) is 32.5 Å². The molecule has 0 bridgehead atoms. The molecule has 2 atom stereocenters. The number of ether oxygens (including phenoxy) is 1. The van der Waals surface area contributed by atoms with Gasteiger partial charge in [0.1, 0.15) is 12.6 Å². The smallest absolute Gasteiger partial charge is 0.408 e. The van der Waals surface area contributed by atoms with Crippen LogP contribution in [0.4, 0.5) is 4.79 Å². The Morgan fingerprint density at radius 1 is 1.20 bits per heavy atom. The summed E-state index contributed by atoms with van der Waals surface area (Å²) in [5.41, 5.74) is 0.851. The standard InChI is InChI=1S/C14H17N2O4/c1-10(8-17)15-13(18)11(2)16-14(19)20-9-12-6-4-3-5-7-12/h3-7,10-11H,9H2,1-2H3,(H,15,18)(H,16,19)/t10-,11-/m0/s1. The van der Waals surface area contributed by atoms with Crippen LogP contribution in [0.3, 0.4) is 0 Å². The fourth-order valence-corrected chi connectivity index (χ4v) is 1.37. The van der Waals surface area contributed by atoms with Gasteiger partial charge in [-0.3, -0.25) is 9.59 Å². The number of alkyl carbamates (subject to hydrolysis) is 1. The quantitative estimate of drug-likeness (QED) is 0.809. The van der Waals surface area contributed by atoms with Crippen LogP contribution in [-0.4, -0.2) is 30.4 Å². The maximum absolute atomic E-state index is 11.6. The molecule has 0 spiro atoms. The Balaban J connectivity index is 2.34. The molecule has 1 aromatic rings. The van der Waals surface area contributed by atoms with E-state index in [1.54, 1.807) is 6.29 Å². The third-order valence-corrected chi connectivity index (χ3v) is 2.48. The predicted molar refractivity (Wildman–Crippen MR) is 72.5 cm³/mol. The van der Waals surface area contributed by atoms with E-state index in [2.05, 4.69) is 10.6 Å². The SMILES string of the molecule is C[C@H](NC(=O)OCc1ccccc1)C(=O)N[C@@H](C)[C]=O. The van der Waals surface area contributed by atoms with Gasteiger partial charge in [-0.1, -0.05) is 30.3 Å². The van der Waals surface area contributed by atoms with Crippen molar-refractivity contribution in [2.24, 2.45) is 0 Å². The summed E-state index contributed by atoms with van der Waals surface area (Å²) in [7, 11) is 0. The van der Waals surface area contributed by atoms with Crippen molar-refractivity contribution in [3.05, 3.63) is 35.9 Å². The Bertz CT molecular complexity index is 462. The molecule has 107 valence electrons. The average molecular weight is 277 g/mol. The van der Waals surface area contributed by atoms with Crippen molar-refractivity contribution >= 4 is 18.3 Å². The van der Waals surface area contributed by atoms with Crippen LogP contribution in [-0.2, 0) is 20.9 Å². The van der Waals surface area contributed by atoms with Crippen molar-refractivity contribution in [1.29, 1.82) is 0 Å². The maximum Gasteiger partial charge on any atom is 0.408 e. The highest BCUT2D eigenvalue weighted by atomic mass is 16.5. The minimum Gasteiger partial charge on any atom is -0.445 e. The summed E-state index contributed by atoms with van der Waals surface area (Å²) in [6.07, 6.45) is 0.930.